The Balaban J connectivity index is 3.11. The molecule has 0 aliphatic carbocycles. The number of hydrogen-bond donors (Lipinski definition) is 1. The van der Waals surface area contributed by atoms with Gasteiger partial charge in [0.05, 0.1) is 12.7 Å². The Morgan fingerprint density at radius 1 is 1.60 bits per heavy atom. The first-order valence-electron chi connectivity index (χ1n) is 5.38. The van der Waals surface area contributed by atoms with Crippen molar-refractivity contribution in [3.8, 4) is 11.8 Å². The number of nitrogens with zero attached hydrogens (tertiary/aromatic N) is 1. The van der Waals surface area contributed by atoms with E-state index in [0.29, 0.717) is 11.3 Å². The molecule has 20 heavy (non-hydrogen) atoms. The van der Waals surface area contributed by atoms with Crippen molar-refractivity contribution >= 4 is 45.2 Å². The number of ether oxygens (including phenoxy) is 2. The van der Waals surface area contributed by atoms with Crippen LogP contribution in [-0.2, 0) is 9.53 Å². The predicted octanol–water partition coefficient (Wildman–Crippen LogP) is 2.19. The fraction of sp³-hybridized carbons (Fsp3) is 0.154. The molecule has 0 spiro atoms. The van der Waals surface area contributed by atoms with Crippen LogP contribution >= 0.6 is 28.1 Å². The highest BCUT2D eigenvalue weighted by Gasteiger charge is 2.08. The highest BCUT2D eigenvalue weighted by atomic mass is 79.9. The van der Waals surface area contributed by atoms with E-state index in [1.54, 1.807) is 18.2 Å². The van der Waals surface area contributed by atoms with E-state index in [0.717, 1.165) is 4.47 Å². The van der Waals surface area contributed by atoms with E-state index >= 15 is 0 Å². The number of nitriles is 1. The highest BCUT2D eigenvalue weighted by Crippen LogP contribution is 2.25. The third kappa shape index (κ3) is 4.64. The van der Waals surface area contributed by atoms with Gasteiger partial charge in [-0.05, 0) is 24.3 Å². The van der Waals surface area contributed by atoms with Gasteiger partial charge < -0.3 is 15.2 Å². The molecule has 0 bridgehead atoms. The van der Waals surface area contributed by atoms with Crippen LogP contribution in [0.2, 0.25) is 0 Å². The molecule has 0 aliphatic rings. The molecule has 0 aromatic heterocycles. The molecule has 1 rings (SSSR count). The van der Waals surface area contributed by atoms with Crippen LogP contribution in [0.3, 0.4) is 0 Å². The molecule has 0 saturated heterocycles. The number of nitrogens with two attached hydrogens (primary N) is 1. The number of halogens is 1. The molecule has 0 fully saturated rings. The first-order valence-corrected chi connectivity index (χ1v) is 6.58. The summed E-state index contributed by atoms with van der Waals surface area (Å²) in [7, 11) is 1.27. The smallest absolute Gasteiger partial charge is 0.343 e. The molecule has 104 valence electrons. The first kappa shape index (κ1) is 16.1. The SMILES string of the molecule is COC(=O)COc1ccc(Br)cc1/C=C(\C#N)C(N)=S. The maximum Gasteiger partial charge on any atom is 0.343 e. The third-order valence-electron chi connectivity index (χ3n) is 2.23. The Morgan fingerprint density at radius 3 is 2.85 bits per heavy atom. The standard InChI is InChI=1S/C13H11BrN2O3S/c1-18-12(17)7-19-11-3-2-10(14)5-8(11)4-9(6-15)13(16)20/h2-5H,7H2,1H3,(H2,16,20)/b9-4+. The number of carbonyl (C=O) groups is 1. The molecule has 1 aromatic carbocycles. The molecule has 0 amide bonds. The van der Waals surface area contributed by atoms with Crippen molar-refractivity contribution in [3.05, 3.63) is 33.8 Å². The van der Waals surface area contributed by atoms with Crippen molar-refractivity contribution in [2.75, 3.05) is 13.7 Å². The van der Waals surface area contributed by atoms with Crippen LogP contribution in [0.15, 0.2) is 28.2 Å². The molecule has 0 unspecified atom stereocenters. The van der Waals surface area contributed by atoms with Gasteiger partial charge in [-0.1, -0.05) is 28.1 Å². The van der Waals surface area contributed by atoms with Crippen LogP contribution in [0.4, 0.5) is 0 Å². The van der Waals surface area contributed by atoms with E-state index in [2.05, 4.69) is 20.7 Å². The Labute approximate surface area is 130 Å². The van der Waals surface area contributed by atoms with E-state index in [9.17, 15) is 4.79 Å². The Bertz CT molecular complexity index is 608. The molecule has 1 aromatic rings. The first-order chi connectivity index (χ1) is 9.47. The average Bonchev–Trinajstić information content (AvgIpc) is 2.42. The zero-order valence-corrected chi connectivity index (χ0v) is 13.0. The molecule has 0 heterocycles. The van der Waals surface area contributed by atoms with E-state index in [1.807, 2.05) is 6.07 Å². The minimum Gasteiger partial charge on any atom is -0.481 e. The van der Waals surface area contributed by atoms with Gasteiger partial charge in [-0.2, -0.15) is 5.26 Å². The van der Waals surface area contributed by atoms with Crippen LogP contribution in [0, 0.1) is 11.3 Å². The van der Waals surface area contributed by atoms with Crippen molar-refractivity contribution in [3.63, 3.8) is 0 Å². The predicted molar refractivity (Wildman–Crippen MR) is 82.0 cm³/mol. The molecular weight excluding hydrogens is 344 g/mol. The Morgan fingerprint density at radius 2 is 2.30 bits per heavy atom. The molecule has 0 saturated carbocycles. The maximum absolute atomic E-state index is 11.1. The number of rotatable bonds is 5. The van der Waals surface area contributed by atoms with E-state index in [4.69, 9.17) is 28.0 Å². The van der Waals surface area contributed by atoms with E-state index < -0.39 is 5.97 Å². The summed E-state index contributed by atoms with van der Waals surface area (Å²) < 4.78 is 10.6. The maximum atomic E-state index is 11.1. The third-order valence-corrected chi connectivity index (χ3v) is 2.94. The Kier molecular flexibility index (Phi) is 6.15. The second kappa shape index (κ2) is 7.62. The number of thiocarbonyl (C=S) groups is 1. The Hall–Kier alpha value is -1.91. The zero-order valence-electron chi connectivity index (χ0n) is 10.6. The number of esters is 1. The van der Waals surface area contributed by atoms with Gasteiger partial charge in [-0.15, -0.1) is 0 Å². The summed E-state index contributed by atoms with van der Waals surface area (Å²) in [5.74, 6) is -0.0831. The van der Waals surface area contributed by atoms with Crippen LogP contribution in [-0.4, -0.2) is 24.7 Å². The molecule has 0 atom stereocenters. The van der Waals surface area contributed by atoms with Crippen LogP contribution in [0.1, 0.15) is 5.56 Å². The van der Waals surface area contributed by atoms with Gasteiger partial charge >= 0.3 is 5.97 Å². The van der Waals surface area contributed by atoms with Crippen LogP contribution < -0.4 is 10.5 Å². The van der Waals surface area contributed by atoms with Crippen molar-refractivity contribution in [2.24, 2.45) is 5.73 Å². The molecule has 7 heteroatoms. The van der Waals surface area contributed by atoms with Gasteiger partial charge in [-0.25, -0.2) is 4.79 Å². The van der Waals surface area contributed by atoms with Gasteiger partial charge in [0, 0.05) is 10.0 Å². The average molecular weight is 355 g/mol. The lowest BCUT2D eigenvalue weighted by atomic mass is 10.1. The molecular formula is C13H11BrN2O3S. The van der Waals surface area contributed by atoms with Gasteiger partial charge in [0.2, 0.25) is 0 Å². The monoisotopic (exact) mass is 354 g/mol. The molecule has 0 radical (unpaired) electrons. The van der Waals surface area contributed by atoms with Crippen LogP contribution in [0.5, 0.6) is 5.75 Å². The topological polar surface area (TPSA) is 85.3 Å². The fourth-order valence-corrected chi connectivity index (χ4v) is 1.76. The highest BCUT2D eigenvalue weighted by molar-refractivity contribution is 9.10. The lowest BCUT2D eigenvalue weighted by Gasteiger charge is -2.09. The number of benzene rings is 1. The van der Waals surface area contributed by atoms with Crippen molar-refractivity contribution in [1.29, 1.82) is 5.26 Å². The number of methoxy groups -OCH3 is 1. The quantitative estimate of drug-likeness (QED) is 0.377. The van der Waals surface area contributed by atoms with Gasteiger partial charge in [-0.3, -0.25) is 0 Å². The fourth-order valence-electron chi connectivity index (χ4n) is 1.27. The lowest BCUT2D eigenvalue weighted by Crippen LogP contribution is -2.13. The van der Waals surface area contributed by atoms with Crippen molar-refractivity contribution in [2.45, 2.75) is 0 Å². The lowest BCUT2D eigenvalue weighted by molar-refractivity contribution is -0.142. The van der Waals surface area contributed by atoms with Crippen molar-refractivity contribution < 1.29 is 14.3 Å². The summed E-state index contributed by atoms with van der Waals surface area (Å²) in [4.78, 5) is 11.1. The van der Waals surface area contributed by atoms with E-state index in [1.165, 1.54) is 13.2 Å². The number of hydrogen-bond acceptors (Lipinski definition) is 5. The van der Waals surface area contributed by atoms with Crippen molar-refractivity contribution in [1.82, 2.24) is 0 Å². The zero-order chi connectivity index (χ0) is 15.1. The largest absolute Gasteiger partial charge is 0.481 e. The van der Waals surface area contributed by atoms with Crippen LogP contribution in [0.25, 0.3) is 6.08 Å². The van der Waals surface area contributed by atoms with E-state index in [-0.39, 0.29) is 17.2 Å². The summed E-state index contributed by atoms with van der Waals surface area (Å²) in [6.45, 7) is -0.228. The molecule has 5 nitrogen and oxygen atoms in total. The van der Waals surface area contributed by atoms with Gasteiger partial charge in [0.25, 0.3) is 0 Å². The summed E-state index contributed by atoms with van der Waals surface area (Å²) in [5.41, 5.74) is 6.17. The molecule has 2 N–H and O–H groups in total. The summed E-state index contributed by atoms with van der Waals surface area (Å²) >= 11 is 8.09. The summed E-state index contributed by atoms with van der Waals surface area (Å²) in [6.07, 6.45) is 1.50. The van der Waals surface area contributed by atoms with Gasteiger partial charge in [0.1, 0.15) is 16.8 Å². The second-order valence-electron chi connectivity index (χ2n) is 3.58. The molecule has 0 aliphatic heterocycles. The minimum absolute atomic E-state index is 0.00797. The number of carbonyl (C=O) groups excluding carboxylic acids is 1. The second-order valence-corrected chi connectivity index (χ2v) is 4.94. The van der Waals surface area contributed by atoms with Gasteiger partial charge in [0.15, 0.2) is 6.61 Å². The normalized spacial score (nSPS) is 10.6. The summed E-state index contributed by atoms with van der Waals surface area (Å²) in [6, 6.07) is 7.04. The summed E-state index contributed by atoms with van der Waals surface area (Å²) in [5, 5.41) is 8.96. The minimum atomic E-state index is -0.502.